The number of halogens is 6. The van der Waals surface area contributed by atoms with Crippen molar-refractivity contribution in [1.29, 1.82) is 0 Å². The molecule has 10 heteroatoms. The molecule has 1 atom stereocenters. The standard InChI is InChI=1S/C29H35F6NO3/c1-4-28(31,32)19-12-20(29(33,34)35)14-22(13-19)36-25(38)27(39,16-18-8-6-5-7-9-18)17-26(2,3)23-15-21(30)10-11-24(23)37/h10-15,18,37,39H,4-9,16-17H2,1-3H3,(H,36,38). The Labute approximate surface area is 224 Å². The summed E-state index contributed by atoms with van der Waals surface area (Å²) in [6, 6.07) is 5.00. The normalized spacial score (nSPS) is 17.1. The smallest absolute Gasteiger partial charge is 0.416 e. The number of benzene rings is 2. The van der Waals surface area contributed by atoms with Crippen molar-refractivity contribution >= 4 is 11.6 Å². The Balaban J connectivity index is 2.02. The van der Waals surface area contributed by atoms with Gasteiger partial charge in [-0.2, -0.15) is 13.2 Å². The Kier molecular flexibility index (Phi) is 8.99. The molecule has 2 aromatic carbocycles. The maximum Gasteiger partial charge on any atom is 0.416 e. The lowest BCUT2D eigenvalue weighted by molar-refractivity contribution is -0.139. The molecule has 1 fully saturated rings. The van der Waals surface area contributed by atoms with E-state index in [2.05, 4.69) is 5.32 Å². The van der Waals surface area contributed by atoms with Gasteiger partial charge in [0.25, 0.3) is 11.8 Å². The van der Waals surface area contributed by atoms with Crippen LogP contribution in [-0.4, -0.2) is 21.7 Å². The average Bonchev–Trinajstić information content (AvgIpc) is 2.85. The van der Waals surface area contributed by atoms with Crippen molar-refractivity contribution in [3.8, 4) is 5.75 Å². The molecule has 2 aromatic rings. The lowest BCUT2D eigenvalue weighted by Gasteiger charge is -2.38. The van der Waals surface area contributed by atoms with Crippen LogP contribution >= 0.6 is 0 Å². The van der Waals surface area contributed by atoms with Crippen LogP contribution in [-0.2, 0) is 22.3 Å². The summed E-state index contributed by atoms with van der Waals surface area (Å²) < 4.78 is 83.5. The first-order chi connectivity index (χ1) is 18.0. The Bertz CT molecular complexity index is 1170. The summed E-state index contributed by atoms with van der Waals surface area (Å²) in [7, 11) is 0. The molecule has 1 saturated carbocycles. The van der Waals surface area contributed by atoms with Crippen molar-refractivity contribution in [2.75, 3.05) is 5.32 Å². The largest absolute Gasteiger partial charge is 0.508 e. The van der Waals surface area contributed by atoms with Crippen molar-refractivity contribution in [1.82, 2.24) is 0 Å². The summed E-state index contributed by atoms with van der Waals surface area (Å²) in [6.45, 7) is 4.33. The maximum absolute atomic E-state index is 14.4. The molecular formula is C29H35F6NO3. The molecule has 1 unspecified atom stereocenters. The van der Waals surface area contributed by atoms with Gasteiger partial charge >= 0.3 is 6.18 Å². The summed E-state index contributed by atoms with van der Waals surface area (Å²) in [5, 5.41) is 24.4. The van der Waals surface area contributed by atoms with E-state index in [0.29, 0.717) is 12.1 Å². The highest BCUT2D eigenvalue weighted by Crippen LogP contribution is 2.43. The molecule has 0 heterocycles. The summed E-state index contributed by atoms with van der Waals surface area (Å²) >= 11 is 0. The van der Waals surface area contributed by atoms with Gasteiger partial charge in [0.05, 0.1) is 5.56 Å². The molecule has 0 bridgehead atoms. The highest BCUT2D eigenvalue weighted by atomic mass is 19.4. The van der Waals surface area contributed by atoms with Gasteiger partial charge in [0, 0.05) is 23.2 Å². The third kappa shape index (κ3) is 7.47. The number of aliphatic hydroxyl groups is 1. The van der Waals surface area contributed by atoms with E-state index in [0.717, 1.165) is 63.3 Å². The molecular weight excluding hydrogens is 524 g/mol. The molecule has 3 N–H and O–H groups in total. The van der Waals surface area contributed by atoms with Gasteiger partial charge in [-0.25, -0.2) is 13.2 Å². The van der Waals surface area contributed by atoms with E-state index in [-0.39, 0.29) is 30.1 Å². The SMILES string of the molecule is CCC(F)(F)c1cc(NC(=O)C(O)(CC2CCCCC2)CC(C)(C)c2cc(F)ccc2O)cc(C(F)(F)F)c1. The molecule has 0 radical (unpaired) electrons. The van der Waals surface area contributed by atoms with E-state index < -0.39 is 58.1 Å². The fraction of sp³-hybridized carbons (Fsp3) is 0.552. The fourth-order valence-electron chi connectivity index (χ4n) is 5.52. The van der Waals surface area contributed by atoms with Gasteiger partial charge in [-0.3, -0.25) is 4.79 Å². The first kappa shape index (κ1) is 30.8. The molecule has 1 aliphatic rings. The highest BCUT2D eigenvalue weighted by Gasteiger charge is 2.45. The zero-order valence-corrected chi connectivity index (χ0v) is 22.3. The number of phenols is 1. The Morgan fingerprint density at radius 1 is 0.974 bits per heavy atom. The third-order valence-electron chi connectivity index (χ3n) is 7.58. The second kappa shape index (κ2) is 11.4. The number of hydrogen-bond donors (Lipinski definition) is 3. The number of aromatic hydroxyl groups is 1. The van der Waals surface area contributed by atoms with Crippen molar-refractivity contribution < 1.29 is 41.4 Å². The van der Waals surface area contributed by atoms with E-state index in [1.807, 2.05) is 0 Å². The predicted molar refractivity (Wildman–Crippen MR) is 136 cm³/mol. The number of amides is 1. The Morgan fingerprint density at radius 2 is 1.59 bits per heavy atom. The molecule has 39 heavy (non-hydrogen) atoms. The van der Waals surface area contributed by atoms with E-state index in [4.69, 9.17) is 0 Å². The molecule has 0 saturated heterocycles. The molecule has 0 spiro atoms. The van der Waals surface area contributed by atoms with Gasteiger partial charge in [0.15, 0.2) is 0 Å². The molecule has 216 valence electrons. The van der Waals surface area contributed by atoms with Crippen LogP contribution in [0.2, 0.25) is 0 Å². The molecule has 0 aliphatic heterocycles. The molecule has 1 aliphatic carbocycles. The number of rotatable bonds is 9. The van der Waals surface area contributed by atoms with Gasteiger partial charge in [-0.1, -0.05) is 52.9 Å². The quantitative estimate of drug-likeness (QED) is 0.272. The number of alkyl halides is 5. The predicted octanol–water partition coefficient (Wildman–Crippen LogP) is 8.06. The molecule has 0 aromatic heterocycles. The van der Waals surface area contributed by atoms with Crippen molar-refractivity contribution in [2.24, 2.45) is 5.92 Å². The minimum atomic E-state index is -4.95. The second-order valence-electron chi connectivity index (χ2n) is 11.3. The number of anilines is 1. The Morgan fingerprint density at radius 3 is 2.18 bits per heavy atom. The molecule has 1 amide bonds. The van der Waals surface area contributed by atoms with Crippen LogP contribution in [0.15, 0.2) is 36.4 Å². The monoisotopic (exact) mass is 559 g/mol. The topological polar surface area (TPSA) is 69.6 Å². The zero-order valence-electron chi connectivity index (χ0n) is 22.3. The molecule has 4 nitrogen and oxygen atoms in total. The van der Waals surface area contributed by atoms with Crippen molar-refractivity contribution in [3.05, 3.63) is 58.9 Å². The highest BCUT2D eigenvalue weighted by molar-refractivity contribution is 5.97. The van der Waals surface area contributed by atoms with Crippen LogP contribution in [0.1, 0.15) is 88.8 Å². The number of carbonyl (C=O) groups excluding carboxylic acids is 1. The van der Waals surface area contributed by atoms with Crippen LogP contribution in [0.5, 0.6) is 5.75 Å². The van der Waals surface area contributed by atoms with E-state index in [1.165, 1.54) is 0 Å². The minimum absolute atomic E-state index is 0.0325. The minimum Gasteiger partial charge on any atom is -0.508 e. The first-order valence-corrected chi connectivity index (χ1v) is 13.1. The summed E-state index contributed by atoms with van der Waals surface area (Å²) in [5.74, 6) is -5.57. The fourth-order valence-corrected chi connectivity index (χ4v) is 5.52. The lowest BCUT2D eigenvalue weighted by atomic mass is 9.70. The van der Waals surface area contributed by atoms with Crippen molar-refractivity contribution in [2.45, 2.75) is 95.3 Å². The third-order valence-corrected chi connectivity index (χ3v) is 7.58. The molecule has 3 rings (SSSR count). The average molecular weight is 560 g/mol. The van der Waals surface area contributed by atoms with Gasteiger partial charge in [0.1, 0.15) is 17.2 Å². The van der Waals surface area contributed by atoms with Crippen LogP contribution in [0.25, 0.3) is 0 Å². The summed E-state index contributed by atoms with van der Waals surface area (Å²) in [5.41, 5.74) is -5.96. The van der Waals surface area contributed by atoms with E-state index in [9.17, 15) is 41.4 Å². The lowest BCUT2D eigenvalue weighted by Crippen LogP contribution is -2.48. The van der Waals surface area contributed by atoms with Crippen molar-refractivity contribution in [3.63, 3.8) is 0 Å². The van der Waals surface area contributed by atoms with Gasteiger partial charge < -0.3 is 15.5 Å². The van der Waals surface area contributed by atoms with Gasteiger partial charge in [0.2, 0.25) is 0 Å². The van der Waals surface area contributed by atoms with E-state index in [1.54, 1.807) is 13.8 Å². The van der Waals surface area contributed by atoms with Gasteiger partial charge in [-0.15, -0.1) is 0 Å². The van der Waals surface area contributed by atoms with Crippen LogP contribution in [0.3, 0.4) is 0 Å². The first-order valence-electron chi connectivity index (χ1n) is 13.1. The summed E-state index contributed by atoms with van der Waals surface area (Å²) in [4.78, 5) is 13.6. The Hall–Kier alpha value is -2.75. The van der Waals surface area contributed by atoms with Crippen LogP contribution in [0, 0.1) is 11.7 Å². The number of nitrogens with one attached hydrogen (secondary N) is 1. The number of phenolic OH excluding ortho intramolecular Hbond substituents is 1. The zero-order chi connectivity index (χ0) is 29.2. The van der Waals surface area contributed by atoms with Crippen LogP contribution < -0.4 is 5.32 Å². The maximum atomic E-state index is 14.4. The van der Waals surface area contributed by atoms with Crippen LogP contribution in [0.4, 0.5) is 32.0 Å². The van der Waals surface area contributed by atoms with E-state index >= 15 is 0 Å². The summed E-state index contributed by atoms with van der Waals surface area (Å²) in [6.07, 6.45) is -1.80. The number of carbonyl (C=O) groups is 1. The number of hydrogen-bond acceptors (Lipinski definition) is 3. The second-order valence-corrected chi connectivity index (χ2v) is 11.3. The van der Waals surface area contributed by atoms with Gasteiger partial charge in [-0.05, 0) is 60.6 Å².